The molecule has 1 rings (SSSR count). The van der Waals surface area contributed by atoms with E-state index in [0.717, 1.165) is 0 Å². The maximum atomic E-state index is 10.1. The van der Waals surface area contributed by atoms with Crippen molar-refractivity contribution in [3.8, 4) is 11.8 Å². The van der Waals surface area contributed by atoms with Gasteiger partial charge in [0, 0.05) is 7.05 Å². The van der Waals surface area contributed by atoms with Crippen LogP contribution in [-0.4, -0.2) is 20.9 Å². The number of hydrogen-bond donors (Lipinski definition) is 2. The van der Waals surface area contributed by atoms with Gasteiger partial charge in [0.15, 0.2) is 0 Å². The summed E-state index contributed by atoms with van der Waals surface area (Å²) in [5.41, 5.74) is 6.13. The molecule has 5 nitrogen and oxygen atoms in total. The average Bonchev–Trinajstić information content (AvgIpc) is 2.35. The van der Waals surface area contributed by atoms with Gasteiger partial charge < -0.3 is 10.8 Å². The molecular weight excluding hydrogens is 170 g/mol. The fraction of sp³-hybridized carbons (Fsp3) is 0.250. The van der Waals surface area contributed by atoms with Crippen molar-refractivity contribution in [2.24, 2.45) is 7.05 Å². The summed E-state index contributed by atoms with van der Waals surface area (Å²) < 4.78 is 1.48. The van der Waals surface area contributed by atoms with Gasteiger partial charge in [0.25, 0.3) is 0 Å². The Kier molecular flexibility index (Phi) is 2.55. The highest BCUT2D eigenvalue weighted by Gasteiger charge is 1.99. The first-order valence-corrected chi connectivity index (χ1v) is 3.59. The van der Waals surface area contributed by atoms with Crippen molar-refractivity contribution in [2.45, 2.75) is 6.42 Å². The lowest BCUT2D eigenvalue weighted by atomic mass is 10.3. The molecule has 0 fully saturated rings. The number of aryl methyl sites for hydroxylation is 1. The molecule has 0 aliphatic carbocycles. The smallest absolute Gasteiger partial charge is 0.315 e. The largest absolute Gasteiger partial charge is 0.481 e. The van der Waals surface area contributed by atoms with Crippen molar-refractivity contribution >= 4 is 11.8 Å². The summed E-state index contributed by atoms with van der Waals surface area (Å²) in [6, 6.07) is 0. The lowest BCUT2D eigenvalue weighted by molar-refractivity contribution is -0.135. The molecule has 0 radical (unpaired) electrons. The van der Waals surface area contributed by atoms with Crippen molar-refractivity contribution in [1.82, 2.24) is 9.78 Å². The van der Waals surface area contributed by atoms with Crippen LogP contribution in [0.5, 0.6) is 0 Å². The Morgan fingerprint density at radius 1 is 1.85 bits per heavy atom. The van der Waals surface area contributed by atoms with Crippen LogP contribution in [0.15, 0.2) is 6.20 Å². The molecule has 5 heteroatoms. The summed E-state index contributed by atoms with van der Waals surface area (Å²) in [5, 5.41) is 12.2. The van der Waals surface area contributed by atoms with Crippen LogP contribution in [0.1, 0.15) is 12.0 Å². The van der Waals surface area contributed by atoms with Crippen LogP contribution >= 0.6 is 0 Å². The molecule has 13 heavy (non-hydrogen) atoms. The second-order valence-electron chi connectivity index (χ2n) is 2.44. The third-order valence-corrected chi connectivity index (χ3v) is 1.45. The Bertz CT molecular complexity index is 384. The minimum atomic E-state index is -0.949. The van der Waals surface area contributed by atoms with Gasteiger partial charge in [-0.15, -0.1) is 0 Å². The molecule has 0 atom stereocenters. The highest BCUT2D eigenvalue weighted by atomic mass is 16.4. The van der Waals surface area contributed by atoms with Crippen LogP contribution < -0.4 is 5.73 Å². The SMILES string of the molecule is Cn1ncc(C#CCC(=O)O)c1N. The summed E-state index contributed by atoms with van der Waals surface area (Å²) in [6.45, 7) is 0. The molecule has 1 heterocycles. The summed E-state index contributed by atoms with van der Waals surface area (Å²) in [6.07, 6.45) is 1.32. The molecule has 0 bridgehead atoms. The zero-order chi connectivity index (χ0) is 9.84. The van der Waals surface area contributed by atoms with Crippen LogP contribution in [0.25, 0.3) is 0 Å². The molecule has 0 aliphatic rings. The number of carbonyl (C=O) groups is 1. The van der Waals surface area contributed by atoms with Crippen LogP contribution in [0, 0.1) is 11.8 Å². The van der Waals surface area contributed by atoms with Crippen molar-refractivity contribution in [3.63, 3.8) is 0 Å². The Morgan fingerprint density at radius 3 is 3.00 bits per heavy atom. The maximum Gasteiger partial charge on any atom is 0.315 e. The van der Waals surface area contributed by atoms with Crippen LogP contribution in [0.2, 0.25) is 0 Å². The standard InChI is InChI=1S/C8H9N3O2/c1-11-8(9)6(5-10-11)3-2-4-7(12)13/h5H,4,9H2,1H3,(H,12,13). The van der Waals surface area contributed by atoms with E-state index in [4.69, 9.17) is 10.8 Å². The lowest BCUT2D eigenvalue weighted by Gasteiger charge is -1.91. The van der Waals surface area contributed by atoms with E-state index in [-0.39, 0.29) is 6.42 Å². The van der Waals surface area contributed by atoms with Gasteiger partial charge in [0.2, 0.25) is 0 Å². The predicted molar refractivity (Wildman–Crippen MR) is 46.8 cm³/mol. The number of carboxylic acid groups (broad SMARTS) is 1. The van der Waals surface area contributed by atoms with Crippen LogP contribution in [0.4, 0.5) is 5.82 Å². The molecule has 0 aliphatic heterocycles. The number of nitrogen functional groups attached to an aromatic ring is 1. The normalized spacial score (nSPS) is 9.00. The quantitative estimate of drug-likeness (QED) is 0.586. The number of anilines is 1. The Morgan fingerprint density at radius 2 is 2.54 bits per heavy atom. The maximum absolute atomic E-state index is 10.1. The van der Waals surface area contributed by atoms with E-state index in [1.54, 1.807) is 7.05 Å². The lowest BCUT2D eigenvalue weighted by Crippen LogP contribution is -1.98. The van der Waals surface area contributed by atoms with E-state index in [0.29, 0.717) is 11.4 Å². The first-order valence-electron chi connectivity index (χ1n) is 3.59. The highest BCUT2D eigenvalue weighted by molar-refractivity contribution is 5.70. The summed E-state index contributed by atoms with van der Waals surface area (Å²) in [4.78, 5) is 10.1. The molecule has 0 aromatic carbocycles. The fourth-order valence-electron chi connectivity index (χ4n) is 0.758. The number of nitrogens with zero attached hydrogens (tertiary/aromatic N) is 2. The van der Waals surface area contributed by atoms with Gasteiger partial charge in [-0.1, -0.05) is 11.8 Å². The Labute approximate surface area is 75.2 Å². The van der Waals surface area contributed by atoms with E-state index in [9.17, 15) is 4.79 Å². The predicted octanol–water partition coefficient (Wildman–Crippen LogP) is -0.172. The van der Waals surface area contributed by atoms with E-state index in [1.165, 1.54) is 10.9 Å². The molecule has 1 aromatic rings. The van der Waals surface area contributed by atoms with Crippen LogP contribution in [-0.2, 0) is 11.8 Å². The molecule has 3 N–H and O–H groups in total. The summed E-state index contributed by atoms with van der Waals surface area (Å²) >= 11 is 0. The molecule has 0 saturated heterocycles. The molecule has 1 aromatic heterocycles. The monoisotopic (exact) mass is 179 g/mol. The van der Waals surface area contributed by atoms with E-state index in [2.05, 4.69) is 16.9 Å². The number of aliphatic carboxylic acids is 1. The average molecular weight is 179 g/mol. The fourth-order valence-corrected chi connectivity index (χ4v) is 0.758. The minimum absolute atomic E-state index is 0.186. The van der Waals surface area contributed by atoms with Crippen molar-refractivity contribution < 1.29 is 9.90 Å². The van der Waals surface area contributed by atoms with Gasteiger partial charge in [-0.25, -0.2) is 0 Å². The van der Waals surface area contributed by atoms with Crippen molar-refractivity contribution in [2.75, 3.05) is 5.73 Å². The number of nitrogens with two attached hydrogens (primary N) is 1. The molecule has 0 amide bonds. The number of hydrogen-bond acceptors (Lipinski definition) is 3. The van der Waals surface area contributed by atoms with Gasteiger partial charge in [0.1, 0.15) is 12.2 Å². The zero-order valence-corrected chi connectivity index (χ0v) is 7.11. The Balaban J connectivity index is 2.77. The minimum Gasteiger partial charge on any atom is -0.481 e. The molecule has 0 spiro atoms. The van der Waals surface area contributed by atoms with Gasteiger partial charge in [-0.05, 0) is 0 Å². The number of aromatic nitrogens is 2. The molecule has 0 saturated carbocycles. The highest BCUT2D eigenvalue weighted by Crippen LogP contribution is 2.06. The van der Waals surface area contributed by atoms with Crippen LogP contribution in [0.3, 0.4) is 0 Å². The van der Waals surface area contributed by atoms with Gasteiger partial charge in [0.05, 0.1) is 11.8 Å². The van der Waals surface area contributed by atoms with E-state index in [1.807, 2.05) is 0 Å². The summed E-state index contributed by atoms with van der Waals surface area (Å²) in [5.74, 6) is 4.59. The van der Waals surface area contributed by atoms with Gasteiger partial charge in [-0.2, -0.15) is 5.10 Å². The second kappa shape index (κ2) is 3.63. The van der Waals surface area contributed by atoms with Gasteiger partial charge in [-0.3, -0.25) is 9.48 Å². The molecule has 0 unspecified atom stereocenters. The Hall–Kier alpha value is -1.96. The van der Waals surface area contributed by atoms with Crippen molar-refractivity contribution in [3.05, 3.63) is 11.8 Å². The van der Waals surface area contributed by atoms with Crippen molar-refractivity contribution in [1.29, 1.82) is 0 Å². The summed E-state index contributed by atoms with van der Waals surface area (Å²) in [7, 11) is 1.69. The topological polar surface area (TPSA) is 81.1 Å². The molecular formula is C8H9N3O2. The number of carboxylic acids is 1. The third kappa shape index (κ3) is 2.24. The zero-order valence-electron chi connectivity index (χ0n) is 7.11. The number of rotatable bonds is 1. The van der Waals surface area contributed by atoms with E-state index >= 15 is 0 Å². The third-order valence-electron chi connectivity index (χ3n) is 1.45. The second-order valence-corrected chi connectivity index (χ2v) is 2.44. The first kappa shape index (κ1) is 9.13. The van der Waals surface area contributed by atoms with E-state index < -0.39 is 5.97 Å². The first-order chi connectivity index (χ1) is 6.11. The van der Waals surface area contributed by atoms with Gasteiger partial charge >= 0.3 is 5.97 Å². The molecule has 68 valence electrons.